The summed E-state index contributed by atoms with van der Waals surface area (Å²) in [6.07, 6.45) is -0.235. The van der Waals surface area contributed by atoms with Gasteiger partial charge in [-0.1, -0.05) is 54.6 Å². The van der Waals surface area contributed by atoms with Gasteiger partial charge in [0.25, 0.3) is 5.09 Å². The van der Waals surface area contributed by atoms with Crippen molar-refractivity contribution in [2.24, 2.45) is 0 Å². The van der Waals surface area contributed by atoms with E-state index in [0.717, 1.165) is 5.56 Å². The Morgan fingerprint density at radius 1 is 0.848 bits per heavy atom. The molecule has 0 radical (unpaired) electrons. The van der Waals surface area contributed by atoms with Gasteiger partial charge >= 0.3 is 0 Å². The number of nitrogens with zero attached hydrogens (tertiary/aromatic N) is 1. The van der Waals surface area contributed by atoms with Crippen LogP contribution in [0, 0.1) is 10.1 Å². The largest absolute Gasteiger partial charge is 0.494 e. The van der Waals surface area contributed by atoms with Crippen molar-refractivity contribution in [3.8, 4) is 22.6 Å². The maximum Gasteiger partial charge on any atom is 0.294 e. The summed E-state index contributed by atoms with van der Waals surface area (Å²) in [6.45, 7) is 1.55. The second-order valence-electron chi connectivity index (χ2n) is 7.39. The van der Waals surface area contributed by atoms with Gasteiger partial charge in [-0.05, 0) is 41.0 Å². The lowest BCUT2D eigenvalue weighted by molar-refractivity contribution is -0.757. The molecule has 8 nitrogen and oxygen atoms in total. The molecule has 0 amide bonds. The first-order valence-corrected chi connectivity index (χ1v) is 10.8. The van der Waals surface area contributed by atoms with Crippen molar-refractivity contribution in [3.63, 3.8) is 0 Å². The number of ether oxygens (including phenoxy) is 2. The maximum absolute atomic E-state index is 10.2. The van der Waals surface area contributed by atoms with Gasteiger partial charge in [-0.25, -0.2) is 0 Å². The van der Waals surface area contributed by atoms with Crippen LogP contribution in [0.2, 0.25) is 0 Å². The van der Waals surface area contributed by atoms with E-state index in [0.29, 0.717) is 37.6 Å². The van der Waals surface area contributed by atoms with Crippen LogP contribution < -0.4 is 14.8 Å². The molecular formula is C25H28N2O6. The lowest BCUT2D eigenvalue weighted by Crippen LogP contribution is -2.31. The Kier molecular flexibility index (Phi) is 9.50. The summed E-state index contributed by atoms with van der Waals surface area (Å²) in [4.78, 5) is 14.3. The van der Waals surface area contributed by atoms with Crippen molar-refractivity contribution in [2.75, 3.05) is 26.4 Å². The first-order chi connectivity index (χ1) is 16.1. The number of nitrogens with one attached hydrogen (secondary N) is 1. The molecule has 3 aromatic carbocycles. The van der Waals surface area contributed by atoms with Gasteiger partial charge in [-0.15, -0.1) is 10.1 Å². The predicted molar refractivity (Wildman–Crippen MR) is 125 cm³/mol. The molecule has 0 spiro atoms. The van der Waals surface area contributed by atoms with Crippen LogP contribution in [-0.2, 0) is 11.4 Å². The first-order valence-electron chi connectivity index (χ1n) is 10.8. The smallest absolute Gasteiger partial charge is 0.294 e. The van der Waals surface area contributed by atoms with Crippen LogP contribution in [0.1, 0.15) is 12.0 Å². The van der Waals surface area contributed by atoms with Crippen LogP contribution in [0.3, 0.4) is 0 Å². The van der Waals surface area contributed by atoms with E-state index in [4.69, 9.17) is 9.47 Å². The molecule has 0 aliphatic heterocycles. The Balaban J connectivity index is 1.31. The minimum atomic E-state index is -0.820. The normalized spacial score (nSPS) is 11.5. The maximum atomic E-state index is 10.2. The van der Waals surface area contributed by atoms with Crippen LogP contribution >= 0.6 is 0 Å². The van der Waals surface area contributed by atoms with E-state index in [1.54, 1.807) is 24.3 Å². The van der Waals surface area contributed by atoms with Gasteiger partial charge in [0, 0.05) is 19.5 Å². The van der Waals surface area contributed by atoms with E-state index in [1.165, 1.54) is 11.1 Å². The molecule has 3 rings (SSSR count). The van der Waals surface area contributed by atoms with Crippen LogP contribution in [0.15, 0.2) is 78.9 Å². The van der Waals surface area contributed by atoms with Crippen LogP contribution in [0.5, 0.6) is 11.5 Å². The number of rotatable bonds is 14. The zero-order chi connectivity index (χ0) is 23.3. The Morgan fingerprint density at radius 2 is 1.48 bits per heavy atom. The van der Waals surface area contributed by atoms with E-state index in [-0.39, 0.29) is 13.2 Å². The van der Waals surface area contributed by atoms with E-state index >= 15 is 0 Å². The molecule has 0 saturated carbocycles. The third kappa shape index (κ3) is 8.80. The third-order valence-corrected chi connectivity index (χ3v) is 4.79. The molecule has 8 heteroatoms. The molecule has 174 valence electrons. The molecule has 1 atom stereocenters. The second-order valence-corrected chi connectivity index (χ2v) is 7.39. The topological polar surface area (TPSA) is 103 Å². The number of hydrogen-bond donors (Lipinski definition) is 2. The number of aliphatic hydroxyl groups excluding tert-OH is 1. The van der Waals surface area contributed by atoms with Crippen molar-refractivity contribution in [1.82, 2.24) is 5.32 Å². The molecule has 0 aliphatic rings. The summed E-state index contributed by atoms with van der Waals surface area (Å²) in [6, 6.07) is 25.6. The van der Waals surface area contributed by atoms with Gasteiger partial charge in [-0.2, -0.15) is 0 Å². The lowest BCUT2D eigenvalue weighted by Gasteiger charge is -2.14. The average Bonchev–Trinajstić information content (AvgIpc) is 2.84. The highest BCUT2D eigenvalue weighted by Gasteiger charge is 2.06. The zero-order valence-electron chi connectivity index (χ0n) is 18.3. The average molecular weight is 453 g/mol. The molecule has 3 aromatic rings. The van der Waals surface area contributed by atoms with Gasteiger partial charge in [-0.3, -0.25) is 0 Å². The van der Waals surface area contributed by atoms with E-state index < -0.39 is 11.2 Å². The highest BCUT2D eigenvalue weighted by atomic mass is 16.9. The SMILES string of the molecule is O=[N+]([O-])OCCCOc1ccc(OCC(O)CNCc2ccc(-c3ccccc3)cc2)cc1. The zero-order valence-corrected chi connectivity index (χ0v) is 18.3. The molecule has 0 saturated heterocycles. The van der Waals surface area contributed by atoms with Gasteiger partial charge in [0.15, 0.2) is 0 Å². The Labute approximate surface area is 192 Å². The Morgan fingerprint density at radius 3 is 2.15 bits per heavy atom. The first kappa shape index (κ1) is 24.0. The number of benzene rings is 3. The molecular weight excluding hydrogens is 424 g/mol. The fraction of sp³-hybridized carbons (Fsp3) is 0.280. The Hall–Kier alpha value is -3.62. The fourth-order valence-corrected chi connectivity index (χ4v) is 3.10. The fourth-order valence-electron chi connectivity index (χ4n) is 3.10. The minimum Gasteiger partial charge on any atom is -0.494 e. The molecule has 33 heavy (non-hydrogen) atoms. The molecule has 0 bridgehead atoms. The van der Waals surface area contributed by atoms with E-state index in [1.807, 2.05) is 18.2 Å². The van der Waals surface area contributed by atoms with Crippen molar-refractivity contribution in [3.05, 3.63) is 94.5 Å². The summed E-state index contributed by atoms with van der Waals surface area (Å²) in [5.74, 6) is 1.25. The van der Waals surface area contributed by atoms with Crippen molar-refractivity contribution in [1.29, 1.82) is 0 Å². The van der Waals surface area contributed by atoms with E-state index in [2.05, 4.69) is 46.6 Å². The summed E-state index contributed by atoms with van der Waals surface area (Å²) in [5, 5.41) is 22.7. The van der Waals surface area contributed by atoms with Crippen molar-refractivity contribution in [2.45, 2.75) is 19.1 Å². The molecule has 0 fully saturated rings. The van der Waals surface area contributed by atoms with Crippen molar-refractivity contribution >= 4 is 0 Å². The predicted octanol–water partition coefficient (Wildman–Crippen LogP) is 3.86. The monoisotopic (exact) mass is 452 g/mol. The lowest BCUT2D eigenvalue weighted by atomic mass is 10.0. The molecule has 0 aromatic heterocycles. The molecule has 0 heterocycles. The van der Waals surface area contributed by atoms with Gasteiger partial charge < -0.3 is 24.7 Å². The van der Waals surface area contributed by atoms with E-state index in [9.17, 15) is 15.2 Å². The van der Waals surface area contributed by atoms with Crippen LogP contribution in [-0.4, -0.2) is 42.7 Å². The quantitative estimate of drug-likeness (QED) is 0.217. The van der Waals surface area contributed by atoms with Gasteiger partial charge in [0.05, 0.1) is 13.2 Å². The number of hydrogen-bond acceptors (Lipinski definition) is 7. The third-order valence-electron chi connectivity index (χ3n) is 4.79. The van der Waals surface area contributed by atoms with Crippen LogP contribution in [0.25, 0.3) is 11.1 Å². The summed E-state index contributed by atoms with van der Waals surface area (Å²) >= 11 is 0. The summed E-state index contributed by atoms with van der Waals surface area (Å²) in [5.41, 5.74) is 3.50. The standard InChI is InChI=1S/C25H28N2O6/c28-23(18-26-17-20-7-9-22(10-8-20)21-5-2-1-3-6-21)19-32-25-13-11-24(12-14-25)31-15-4-16-33-27(29)30/h1-3,5-14,23,26,28H,4,15-19H2. The van der Waals surface area contributed by atoms with Crippen molar-refractivity contribution < 1.29 is 24.5 Å². The molecule has 1 unspecified atom stereocenters. The summed E-state index contributed by atoms with van der Waals surface area (Å²) in [7, 11) is 0. The summed E-state index contributed by atoms with van der Waals surface area (Å²) < 4.78 is 11.1. The van der Waals surface area contributed by atoms with Gasteiger partial charge in [0.2, 0.25) is 0 Å². The number of aliphatic hydroxyl groups is 1. The highest BCUT2D eigenvalue weighted by molar-refractivity contribution is 5.63. The van der Waals surface area contributed by atoms with Gasteiger partial charge in [0.1, 0.15) is 24.2 Å². The second kappa shape index (κ2) is 13.0. The van der Waals surface area contributed by atoms with Crippen LogP contribution in [0.4, 0.5) is 0 Å². The highest BCUT2D eigenvalue weighted by Crippen LogP contribution is 2.19. The molecule has 2 N–H and O–H groups in total. The minimum absolute atomic E-state index is 0.000877. The Bertz CT molecular complexity index is 964. The molecule has 0 aliphatic carbocycles.